The summed E-state index contributed by atoms with van der Waals surface area (Å²) in [4.78, 5) is 57.2. The van der Waals surface area contributed by atoms with Crippen molar-refractivity contribution in [2.45, 2.75) is 39.5 Å². The maximum absolute atomic E-state index is 13.2. The van der Waals surface area contributed by atoms with Crippen molar-refractivity contribution in [1.29, 1.82) is 0 Å². The van der Waals surface area contributed by atoms with Crippen LogP contribution in [0, 0.1) is 18.8 Å². The average Bonchev–Trinajstić information content (AvgIpc) is 3.22. The summed E-state index contributed by atoms with van der Waals surface area (Å²) < 4.78 is 5.12. The van der Waals surface area contributed by atoms with E-state index >= 15 is 0 Å². The van der Waals surface area contributed by atoms with Gasteiger partial charge in [-0.2, -0.15) is 0 Å². The summed E-state index contributed by atoms with van der Waals surface area (Å²) in [5, 5.41) is 3.13. The highest BCUT2D eigenvalue weighted by Gasteiger charge is 2.37. The highest BCUT2D eigenvalue weighted by atomic mass is 32.1. The average molecular weight is 470 g/mol. The minimum absolute atomic E-state index is 0.111. The summed E-state index contributed by atoms with van der Waals surface area (Å²) >= 11 is 1.15. The largest absolute Gasteiger partial charge is 0.466 e. The number of Topliss-reactive ketones (excluding diaryl/α,β-unsaturated/α-hetero) is 1. The first-order valence-corrected chi connectivity index (χ1v) is 12.0. The van der Waals surface area contributed by atoms with Gasteiger partial charge in [0.05, 0.1) is 29.0 Å². The predicted molar refractivity (Wildman–Crippen MR) is 123 cm³/mol. The number of nitrogens with zero attached hydrogens (tertiary/aromatic N) is 2. The number of fused-ring (bicyclic) bond motifs is 1. The number of carbonyl (C=O) groups is 4. The number of likely N-dealkylation sites (tertiary alicyclic amines) is 1. The molecule has 174 valence electrons. The number of aromatic nitrogens is 1. The molecule has 2 heterocycles. The Hall–Kier alpha value is -3.07. The van der Waals surface area contributed by atoms with E-state index in [-0.39, 0.29) is 35.9 Å². The number of rotatable bonds is 5. The molecule has 1 saturated heterocycles. The number of hydrogen-bond donors (Lipinski definition) is 1. The molecule has 8 nitrogen and oxygen atoms in total. The molecule has 0 radical (unpaired) electrons. The molecule has 1 aliphatic carbocycles. The van der Waals surface area contributed by atoms with Gasteiger partial charge in [0.2, 0.25) is 5.91 Å². The normalized spacial score (nSPS) is 20.2. The number of amides is 2. The van der Waals surface area contributed by atoms with Crippen LogP contribution in [0.4, 0.5) is 5.13 Å². The van der Waals surface area contributed by atoms with Gasteiger partial charge in [-0.15, -0.1) is 0 Å². The summed E-state index contributed by atoms with van der Waals surface area (Å²) in [5.74, 6) is -1.65. The monoisotopic (exact) mass is 469 g/mol. The van der Waals surface area contributed by atoms with Gasteiger partial charge in [-0.05, 0) is 38.8 Å². The smallest absolute Gasteiger partial charge is 0.310 e. The highest BCUT2D eigenvalue weighted by molar-refractivity contribution is 7.17. The number of ketones is 1. The summed E-state index contributed by atoms with van der Waals surface area (Å²) in [7, 11) is 0. The van der Waals surface area contributed by atoms with E-state index in [1.165, 1.54) is 0 Å². The van der Waals surface area contributed by atoms with Crippen LogP contribution in [0.15, 0.2) is 24.3 Å². The fraction of sp³-hybridized carbons (Fsp3) is 0.458. The summed E-state index contributed by atoms with van der Waals surface area (Å²) in [5.41, 5.74) is 2.04. The molecule has 1 N–H and O–H groups in total. The Morgan fingerprint density at radius 3 is 2.82 bits per heavy atom. The van der Waals surface area contributed by atoms with Crippen molar-refractivity contribution in [2.75, 3.05) is 25.0 Å². The lowest BCUT2D eigenvalue weighted by molar-refractivity contribution is -0.152. The van der Waals surface area contributed by atoms with Crippen molar-refractivity contribution in [1.82, 2.24) is 9.88 Å². The summed E-state index contributed by atoms with van der Waals surface area (Å²) in [6, 6.07) is 7.22. The maximum atomic E-state index is 13.2. The highest BCUT2D eigenvalue weighted by Crippen LogP contribution is 2.34. The Morgan fingerprint density at radius 2 is 2.06 bits per heavy atom. The standard InChI is InChI=1S/C24H27N3O5S/c1-3-32-23(31)16-8-5-9-27(13-16)22(30)17-11-18-20(19(28)12-17)33-24(25-18)26-21(29)15-7-4-6-14(2)10-15/h4,6-7,10,16-17H,3,5,8-9,11-13H2,1-2H3,(H,25,26,29)/t16-,17-/m0/s1. The quantitative estimate of drug-likeness (QED) is 0.674. The minimum Gasteiger partial charge on any atom is -0.466 e. The molecule has 33 heavy (non-hydrogen) atoms. The van der Waals surface area contributed by atoms with Crippen LogP contribution in [0.5, 0.6) is 0 Å². The summed E-state index contributed by atoms with van der Waals surface area (Å²) in [6.45, 7) is 4.88. The van der Waals surface area contributed by atoms with Crippen LogP contribution in [-0.4, -0.2) is 53.1 Å². The molecule has 0 bridgehead atoms. The van der Waals surface area contributed by atoms with Crippen LogP contribution in [0.2, 0.25) is 0 Å². The van der Waals surface area contributed by atoms with E-state index in [1.54, 1.807) is 24.0 Å². The number of esters is 1. The van der Waals surface area contributed by atoms with Gasteiger partial charge in [-0.1, -0.05) is 29.0 Å². The number of carbonyl (C=O) groups excluding carboxylic acids is 4. The van der Waals surface area contributed by atoms with Gasteiger partial charge in [0.1, 0.15) is 0 Å². The molecule has 2 aliphatic rings. The number of anilines is 1. The number of nitrogens with one attached hydrogen (secondary N) is 1. The Morgan fingerprint density at radius 1 is 1.24 bits per heavy atom. The van der Waals surface area contributed by atoms with E-state index in [0.717, 1.165) is 23.3 Å². The zero-order valence-corrected chi connectivity index (χ0v) is 19.6. The van der Waals surface area contributed by atoms with Crippen LogP contribution >= 0.6 is 11.3 Å². The van der Waals surface area contributed by atoms with Crippen molar-refractivity contribution in [3.63, 3.8) is 0 Å². The van der Waals surface area contributed by atoms with Crippen molar-refractivity contribution in [3.8, 4) is 0 Å². The summed E-state index contributed by atoms with van der Waals surface area (Å²) in [6.07, 6.45) is 1.89. The first kappa shape index (κ1) is 23.1. The van der Waals surface area contributed by atoms with Gasteiger partial charge >= 0.3 is 5.97 Å². The van der Waals surface area contributed by atoms with E-state index in [1.807, 2.05) is 19.1 Å². The van der Waals surface area contributed by atoms with Crippen LogP contribution < -0.4 is 5.32 Å². The van der Waals surface area contributed by atoms with Gasteiger partial charge in [0, 0.05) is 31.5 Å². The number of benzene rings is 1. The molecule has 2 atom stereocenters. The van der Waals surface area contributed by atoms with Crippen molar-refractivity contribution >= 4 is 40.0 Å². The molecule has 9 heteroatoms. The van der Waals surface area contributed by atoms with Gasteiger partial charge in [-0.3, -0.25) is 24.5 Å². The first-order valence-electron chi connectivity index (χ1n) is 11.2. The van der Waals surface area contributed by atoms with Crippen molar-refractivity contribution < 1.29 is 23.9 Å². The molecular formula is C24H27N3O5S. The van der Waals surface area contributed by atoms with E-state index in [4.69, 9.17) is 4.74 Å². The third kappa shape index (κ3) is 5.13. The number of hydrogen-bond acceptors (Lipinski definition) is 7. The Labute approximate surface area is 196 Å². The molecule has 0 spiro atoms. The minimum atomic E-state index is -0.506. The van der Waals surface area contributed by atoms with Gasteiger partial charge in [0.15, 0.2) is 10.9 Å². The second-order valence-corrected chi connectivity index (χ2v) is 9.52. The Kier molecular flexibility index (Phi) is 6.88. The first-order chi connectivity index (χ1) is 15.9. The van der Waals surface area contributed by atoms with E-state index < -0.39 is 5.92 Å². The second-order valence-electron chi connectivity index (χ2n) is 8.52. The second kappa shape index (κ2) is 9.82. The Balaban J connectivity index is 1.43. The molecule has 1 aromatic carbocycles. The fourth-order valence-electron chi connectivity index (χ4n) is 4.40. The van der Waals surface area contributed by atoms with Crippen LogP contribution in [0.1, 0.15) is 57.5 Å². The topological polar surface area (TPSA) is 106 Å². The van der Waals surface area contributed by atoms with Gasteiger partial charge in [-0.25, -0.2) is 4.98 Å². The van der Waals surface area contributed by atoms with Crippen molar-refractivity contribution in [2.24, 2.45) is 11.8 Å². The predicted octanol–water partition coefficient (Wildman–Crippen LogP) is 3.25. The molecule has 0 unspecified atom stereocenters. The molecule has 2 amide bonds. The molecule has 1 aromatic heterocycles. The van der Waals surface area contributed by atoms with Gasteiger partial charge in [0.25, 0.3) is 5.91 Å². The van der Waals surface area contributed by atoms with E-state index in [2.05, 4.69) is 10.3 Å². The van der Waals surface area contributed by atoms with Crippen molar-refractivity contribution in [3.05, 3.63) is 46.0 Å². The molecule has 4 rings (SSSR count). The number of aryl methyl sites for hydroxylation is 1. The molecule has 1 aliphatic heterocycles. The van der Waals surface area contributed by atoms with Gasteiger partial charge < -0.3 is 9.64 Å². The molecule has 1 fully saturated rings. The zero-order valence-electron chi connectivity index (χ0n) is 18.8. The molecule has 0 saturated carbocycles. The lowest BCUT2D eigenvalue weighted by Crippen LogP contribution is -2.46. The van der Waals surface area contributed by atoms with Crippen LogP contribution in [0.3, 0.4) is 0 Å². The zero-order chi connectivity index (χ0) is 23.5. The number of thiazole rings is 1. The number of ether oxygens (including phenoxy) is 1. The number of piperidine rings is 1. The molecular weight excluding hydrogens is 442 g/mol. The lowest BCUT2D eigenvalue weighted by Gasteiger charge is -2.34. The van der Waals surface area contributed by atoms with E-state index in [0.29, 0.717) is 53.8 Å². The van der Waals surface area contributed by atoms with E-state index in [9.17, 15) is 19.2 Å². The molecule has 2 aromatic rings. The third-order valence-corrected chi connectivity index (χ3v) is 7.08. The van der Waals surface area contributed by atoms with Crippen LogP contribution in [0.25, 0.3) is 0 Å². The third-order valence-electron chi connectivity index (χ3n) is 6.03. The fourth-order valence-corrected chi connectivity index (χ4v) is 5.34. The Bertz CT molecular complexity index is 1100. The van der Waals surface area contributed by atoms with Crippen LogP contribution in [-0.2, 0) is 20.7 Å². The lowest BCUT2D eigenvalue weighted by atomic mass is 9.87. The maximum Gasteiger partial charge on any atom is 0.310 e. The SMILES string of the molecule is CCOC(=O)[C@H]1CCCN(C(=O)[C@@H]2CC(=O)c3sc(NC(=O)c4cccc(C)c4)nc3C2)C1.